The van der Waals surface area contributed by atoms with Gasteiger partial charge in [-0.25, -0.2) is 4.39 Å². The summed E-state index contributed by atoms with van der Waals surface area (Å²) in [6.07, 6.45) is 6.16. The molecule has 1 heterocycles. The first-order valence-corrected chi connectivity index (χ1v) is 10.1. The molecule has 0 bridgehead atoms. The lowest BCUT2D eigenvalue weighted by Crippen LogP contribution is -2.20. The van der Waals surface area contributed by atoms with Gasteiger partial charge in [0, 0.05) is 5.92 Å². The second-order valence-electron chi connectivity index (χ2n) is 7.29. The van der Waals surface area contributed by atoms with E-state index in [1.807, 2.05) is 13.0 Å². The van der Waals surface area contributed by atoms with E-state index in [2.05, 4.69) is 30.8 Å². The Bertz CT molecular complexity index is 778. The molecule has 1 saturated heterocycles. The first-order valence-electron chi connectivity index (χ1n) is 10.1. The molecule has 2 nitrogen and oxygen atoms in total. The topological polar surface area (TPSA) is 18.5 Å². The molecule has 0 saturated carbocycles. The van der Waals surface area contributed by atoms with Crippen molar-refractivity contribution in [2.45, 2.75) is 51.0 Å². The third kappa shape index (κ3) is 4.79. The lowest BCUT2D eigenvalue weighted by Gasteiger charge is -2.30. The zero-order chi connectivity index (χ0) is 19.9. The van der Waals surface area contributed by atoms with Crippen LogP contribution in [-0.2, 0) is 11.2 Å². The lowest BCUT2D eigenvalue weighted by atomic mass is 9.89. The van der Waals surface area contributed by atoms with E-state index in [0.717, 1.165) is 37.7 Å². The number of allylic oxidation sites excluding steroid dienone is 1. The highest BCUT2D eigenvalue weighted by molar-refractivity contribution is 5.33. The molecule has 2 atom stereocenters. The van der Waals surface area contributed by atoms with Crippen LogP contribution in [0.3, 0.4) is 0 Å². The highest BCUT2D eigenvalue weighted by atomic mass is 19.2. The fourth-order valence-corrected chi connectivity index (χ4v) is 3.61. The molecule has 1 fully saturated rings. The first-order chi connectivity index (χ1) is 13.6. The minimum absolute atomic E-state index is 0.00442. The number of hydrogen-bond donors (Lipinski definition) is 0. The number of hydrogen-bond acceptors (Lipinski definition) is 2. The van der Waals surface area contributed by atoms with Gasteiger partial charge in [-0.1, -0.05) is 43.3 Å². The van der Waals surface area contributed by atoms with Crippen molar-refractivity contribution in [3.05, 3.63) is 77.4 Å². The Morgan fingerprint density at radius 3 is 2.54 bits per heavy atom. The monoisotopic (exact) mass is 386 g/mol. The molecule has 1 aliphatic heterocycles. The quantitative estimate of drug-likeness (QED) is 0.482. The van der Waals surface area contributed by atoms with Gasteiger partial charge in [0.15, 0.2) is 11.6 Å². The van der Waals surface area contributed by atoms with Gasteiger partial charge in [-0.15, -0.1) is 6.58 Å². The van der Waals surface area contributed by atoms with Crippen LogP contribution in [0.15, 0.2) is 49.1 Å². The number of halogens is 2. The molecule has 0 N–H and O–H groups in total. The van der Waals surface area contributed by atoms with Gasteiger partial charge >= 0.3 is 0 Å². The van der Waals surface area contributed by atoms with Crippen LogP contribution in [-0.4, -0.2) is 13.2 Å². The van der Waals surface area contributed by atoms with Crippen LogP contribution >= 0.6 is 0 Å². The van der Waals surface area contributed by atoms with Crippen LogP contribution in [0.4, 0.5) is 8.78 Å². The molecule has 150 valence electrons. The number of rotatable bonds is 8. The molecule has 28 heavy (non-hydrogen) atoms. The van der Waals surface area contributed by atoms with Crippen LogP contribution < -0.4 is 4.74 Å². The smallest absolute Gasteiger partial charge is 0.200 e. The molecule has 0 aromatic heterocycles. The summed E-state index contributed by atoms with van der Waals surface area (Å²) in [6.45, 7) is 6.43. The summed E-state index contributed by atoms with van der Waals surface area (Å²) in [5.74, 6) is -1.87. The summed E-state index contributed by atoms with van der Waals surface area (Å²) in [7, 11) is 0. The summed E-state index contributed by atoms with van der Waals surface area (Å²) in [5, 5.41) is 0. The Labute approximate surface area is 166 Å². The van der Waals surface area contributed by atoms with Gasteiger partial charge in [-0.3, -0.25) is 0 Å². The molecule has 0 amide bonds. The Hall–Kier alpha value is -2.20. The molecule has 1 aliphatic rings. The number of benzene rings is 2. The van der Waals surface area contributed by atoms with Gasteiger partial charge in [0.1, 0.15) is 0 Å². The molecule has 0 aliphatic carbocycles. The zero-order valence-electron chi connectivity index (χ0n) is 16.4. The van der Waals surface area contributed by atoms with Gasteiger partial charge in [-0.05, 0) is 54.9 Å². The van der Waals surface area contributed by atoms with Crippen molar-refractivity contribution < 1.29 is 18.3 Å². The molecule has 0 spiro atoms. The average molecular weight is 386 g/mol. The van der Waals surface area contributed by atoms with Crippen molar-refractivity contribution in [2.24, 2.45) is 0 Å². The fraction of sp³-hybridized carbons (Fsp3) is 0.417. The maximum absolute atomic E-state index is 14.5. The van der Waals surface area contributed by atoms with E-state index < -0.39 is 11.6 Å². The van der Waals surface area contributed by atoms with E-state index in [-0.39, 0.29) is 17.8 Å². The Kier molecular flexibility index (Phi) is 7.21. The standard InChI is InChI=1S/C24H28F2O2/c1-3-5-6-17-7-9-18(10-8-17)21-13-11-19(16-28-21)20-12-14-22(27-15-4-2)24(26)23(20)25/h3,7-10,12,14,19,21H,1,4-6,11,13,15-16H2,2H3. The summed E-state index contributed by atoms with van der Waals surface area (Å²) in [4.78, 5) is 0. The fourth-order valence-electron chi connectivity index (χ4n) is 3.61. The van der Waals surface area contributed by atoms with E-state index in [9.17, 15) is 8.78 Å². The van der Waals surface area contributed by atoms with Crippen molar-refractivity contribution in [1.29, 1.82) is 0 Å². The van der Waals surface area contributed by atoms with Gasteiger partial charge in [0.05, 0.1) is 19.3 Å². The van der Waals surface area contributed by atoms with Crippen LogP contribution in [0, 0.1) is 11.6 Å². The van der Waals surface area contributed by atoms with Crippen molar-refractivity contribution in [2.75, 3.05) is 13.2 Å². The Morgan fingerprint density at radius 2 is 1.89 bits per heavy atom. The van der Waals surface area contributed by atoms with Crippen LogP contribution in [0.1, 0.15) is 61.3 Å². The highest BCUT2D eigenvalue weighted by Gasteiger charge is 2.28. The number of ether oxygens (including phenoxy) is 2. The second-order valence-corrected chi connectivity index (χ2v) is 7.29. The predicted molar refractivity (Wildman–Crippen MR) is 108 cm³/mol. The van der Waals surface area contributed by atoms with Gasteiger partial charge in [-0.2, -0.15) is 4.39 Å². The number of aryl methyl sites for hydroxylation is 1. The van der Waals surface area contributed by atoms with Gasteiger partial charge in [0.2, 0.25) is 5.82 Å². The van der Waals surface area contributed by atoms with Crippen molar-refractivity contribution in [1.82, 2.24) is 0 Å². The van der Waals surface area contributed by atoms with E-state index in [1.54, 1.807) is 6.07 Å². The molecule has 4 heteroatoms. The van der Waals surface area contributed by atoms with Crippen molar-refractivity contribution >= 4 is 0 Å². The maximum Gasteiger partial charge on any atom is 0.200 e. The van der Waals surface area contributed by atoms with E-state index in [0.29, 0.717) is 18.8 Å². The summed E-state index contributed by atoms with van der Waals surface area (Å²) in [6, 6.07) is 11.6. The van der Waals surface area contributed by atoms with Gasteiger partial charge in [0.25, 0.3) is 0 Å². The molecule has 2 aromatic carbocycles. The normalized spacial score (nSPS) is 19.4. The van der Waals surface area contributed by atoms with Crippen LogP contribution in [0.5, 0.6) is 5.75 Å². The van der Waals surface area contributed by atoms with E-state index in [1.165, 1.54) is 11.6 Å². The summed E-state index contributed by atoms with van der Waals surface area (Å²) >= 11 is 0. The SMILES string of the molecule is C=CCCc1ccc(C2CCC(c3ccc(OCCC)c(F)c3F)CO2)cc1. The highest BCUT2D eigenvalue weighted by Crippen LogP contribution is 2.38. The predicted octanol–water partition coefficient (Wildman–Crippen LogP) is 6.51. The minimum Gasteiger partial charge on any atom is -0.490 e. The Morgan fingerprint density at radius 1 is 1.11 bits per heavy atom. The third-order valence-corrected chi connectivity index (χ3v) is 5.24. The van der Waals surface area contributed by atoms with Crippen molar-refractivity contribution in [3.63, 3.8) is 0 Å². The maximum atomic E-state index is 14.5. The zero-order valence-corrected chi connectivity index (χ0v) is 16.4. The first kappa shape index (κ1) is 20.5. The molecule has 2 unspecified atom stereocenters. The van der Waals surface area contributed by atoms with E-state index >= 15 is 0 Å². The van der Waals surface area contributed by atoms with Crippen LogP contribution in [0.25, 0.3) is 0 Å². The van der Waals surface area contributed by atoms with Gasteiger partial charge < -0.3 is 9.47 Å². The summed E-state index contributed by atoms with van der Waals surface area (Å²) < 4.78 is 40.1. The molecular formula is C24H28F2O2. The molecule has 2 aromatic rings. The van der Waals surface area contributed by atoms with Crippen LogP contribution in [0.2, 0.25) is 0 Å². The van der Waals surface area contributed by atoms with Crippen molar-refractivity contribution in [3.8, 4) is 5.75 Å². The summed E-state index contributed by atoms with van der Waals surface area (Å²) in [5.41, 5.74) is 2.79. The largest absolute Gasteiger partial charge is 0.490 e. The minimum atomic E-state index is -0.900. The third-order valence-electron chi connectivity index (χ3n) is 5.24. The molecule has 3 rings (SSSR count). The molecular weight excluding hydrogens is 358 g/mol. The molecule has 0 radical (unpaired) electrons. The average Bonchev–Trinajstić information content (AvgIpc) is 2.74. The second kappa shape index (κ2) is 9.83. The Balaban J connectivity index is 1.62. The lowest BCUT2D eigenvalue weighted by molar-refractivity contribution is 0.00160. The van der Waals surface area contributed by atoms with E-state index in [4.69, 9.17) is 9.47 Å².